The number of hydrogen-bond donors (Lipinski definition) is 1. The van der Waals surface area contributed by atoms with Crippen LogP contribution in [0.5, 0.6) is 11.5 Å². The van der Waals surface area contributed by atoms with Gasteiger partial charge in [0.15, 0.2) is 5.82 Å². The van der Waals surface area contributed by atoms with Crippen molar-refractivity contribution in [3.63, 3.8) is 0 Å². The lowest BCUT2D eigenvalue weighted by molar-refractivity contribution is 0.338. The summed E-state index contributed by atoms with van der Waals surface area (Å²) >= 11 is 6.13. The van der Waals surface area contributed by atoms with E-state index in [0.717, 1.165) is 5.56 Å². The summed E-state index contributed by atoms with van der Waals surface area (Å²) in [6.45, 7) is 2.43. The number of phenolic OH excluding ortho intramolecular Hbond substituents is 1. The Labute approximate surface area is 139 Å². The number of ether oxygens (including phenoxy) is 1. The number of halogens is 1. The second-order valence-electron chi connectivity index (χ2n) is 4.88. The molecule has 0 saturated heterocycles. The van der Waals surface area contributed by atoms with Gasteiger partial charge in [0.1, 0.15) is 16.7 Å². The van der Waals surface area contributed by atoms with Crippen LogP contribution in [0.25, 0.3) is 22.6 Å². The molecule has 0 amide bonds. The van der Waals surface area contributed by atoms with Gasteiger partial charge in [-0.3, -0.25) is 0 Å². The van der Waals surface area contributed by atoms with E-state index in [1.54, 1.807) is 24.3 Å². The van der Waals surface area contributed by atoms with Crippen LogP contribution in [-0.2, 0) is 0 Å². The van der Waals surface area contributed by atoms with Gasteiger partial charge in [-0.1, -0.05) is 41.9 Å². The van der Waals surface area contributed by atoms with Crippen molar-refractivity contribution >= 4 is 11.6 Å². The van der Waals surface area contributed by atoms with Crippen LogP contribution >= 0.6 is 11.6 Å². The minimum Gasteiger partial charge on any atom is -0.507 e. The van der Waals surface area contributed by atoms with Crippen LogP contribution in [-0.4, -0.2) is 21.7 Å². The number of phenols is 1. The molecule has 0 spiro atoms. The fourth-order valence-electron chi connectivity index (χ4n) is 2.26. The Bertz CT molecular complexity index is 823. The van der Waals surface area contributed by atoms with Gasteiger partial charge in [-0.25, -0.2) is 9.97 Å². The Morgan fingerprint density at radius 3 is 2.52 bits per heavy atom. The molecule has 0 radical (unpaired) electrons. The Hall–Kier alpha value is -2.59. The summed E-state index contributed by atoms with van der Waals surface area (Å²) in [5.74, 6) is 1.21. The van der Waals surface area contributed by atoms with E-state index >= 15 is 0 Å². The Kier molecular flexibility index (Phi) is 4.44. The van der Waals surface area contributed by atoms with Gasteiger partial charge in [0.25, 0.3) is 0 Å². The maximum atomic E-state index is 10.2. The molecule has 1 aromatic heterocycles. The van der Waals surface area contributed by atoms with Crippen LogP contribution in [0, 0.1) is 0 Å². The average molecular weight is 327 g/mol. The number of aromatic hydroxyl groups is 1. The van der Waals surface area contributed by atoms with Crippen molar-refractivity contribution in [1.29, 1.82) is 0 Å². The van der Waals surface area contributed by atoms with E-state index in [1.807, 2.05) is 37.3 Å². The molecule has 3 aromatic rings. The van der Waals surface area contributed by atoms with E-state index in [0.29, 0.717) is 34.6 Å². The summed E-state index contributed by atoms with van der Waals surface area (Å²) in [7, 11) is 0. The van der Waals surface area contributed by atoms with Crippen molar-refractivity contribution in [2.45, 2.75) is 6.92 Å². The molecule has 116 valence electrons. The van der Waals surface area contributed by atoms with E-state index in [2.05, 4.69) is 9.97 Å². The van der Waals surface area contributed by atoms with E-state index in [1.165, 1.54) is 0 Å². The van der Waals surface area contributed by atoms with Crippen LogP contribution in [0.1, 0.15) is 6.92 Å². The second kappa shape index (κ2) is 6.67. The minimum absolute atomic E-state index is 0.0877. The smallest absolute Gasteiger partial charge is 0.161 e. The molecule has 1 heterocycles. The highest BCUT2D eigenvalue weighted by Crippen LogP contribution is 2.33. The zero-order valence-electron chi connectivity index (χ0n) is 12.5. The molecule has 23 heavy (non-hydrogen) atoms. The summed E-state index contributed by atoms with van der Waals surface area (Å²) in [6, 6.07) is 16.3. The summed E-state index contributed by atoms with van der Waals surface area (Å²) in [5.41, 5.74) is 2.00. The molecule has 5 heteroatoms. The lowest BCUT2D eigenvalue weighted by Crippen LogP contribution is -1.94. The van der Waals surface area contributed by atoms with Gasteiger partial charge in [-0.2, -0.15) is 0 Å². The van der Waals surface area contributed by atoms with Gasteiger partial charge >= 0.3 is 0 Å². The zero-order chi connectivity index (χ0) is 16.2. The largest absolute Gasteiger partial charge is 0.507 e. The summed E-state index contributed by atoms with van der Waals surface area (Å²) in [5, 5.41) is 10.6. The SMILES string of the molecule is CCOc1ccc(-c2cc(Cl)nc(-c3ccccc3)n2)c(O)c1. The van der Waals surface area contributed by atoms with Crippen LogP contribution in [0.2, 0.25) is 5.15 Å². The molecule has 0 aliphatic heterocycles. The highest BCUT2D eigenvalue weighted by Gasteiger charge is 2.11. The molecule has 1 N–H and O–H groups in total. The van der Waals surface area contributed by atoms with E-state index < -0.39 is 0 Å². The summed E-state index contributed by atoms with van der Waals surface area (Å²) < 4.78 is 5.38. The Morgan fingerprint density at radius 2 is 1.83 bits per heavy atom. The van der Waals surface area contributed by atoms with Crippen LogP contribution < -0.4 is 4.74 Å². The Balaban J connectivity index is 2.05. The van der Waals surface area contributed by atoms with Crippen molar-refractivity contribution in [2.24, 2.45) is 0 Å². The van der Waals surface area contributed by atoms with Crippen molar-refractivity contribution in [3.8, 4) is 34.1 Å². The number of benzene rings is 2. The fraction of sp³-hybridized carbons (Fsp3) is 0.111. The van der Waals surface area contributed by atoms with Crippen molar-refractivity contribution in [3.05, 3.63) is 59.8 Å². The van der Waals surface area contributed by atoms with E-state index in [-0.39, 0.29) is 5.75 Å². The van der Waals surface area contributed by atoms with Gasteiger partial charge in [0, 0.05) is 23.3 Å². The summed E-state index contributed by atoms with van der Waals surface area (Å²) in [4.78, 5) is 8.77. The third-order valence-electron chi connectivity index (χ3n) is 3.28. The number of hydrogen-bond acceptors (Lipinski definition) is 4. The second-order valence-corrected chi connectivity index (χ2v) is 5.26. The minimum atomic E-state index is 0.0877. The highest BCUT2D eigenvalue weighted by molar-refractivity contribution is 6.29. The zero-order valence-corrected chi connectivity index (χ0v) is 13.3. The normalized spacial score (nSPS) is 10.5. The average Bonchev–Trinajstić information content (AvgIpc) is 2.55. The molecule has 0 bridgehead atoms. The predicted molar refractivity (Wildman–Crippen MR) is 90.7 cm³/mol. The third-order valence-corrected chi connectivity index (χ3v) is 3.48. The van der Waals surface area contributed by atoms with Crippen LogP contribution in [0.4, 0.5) is 0 Å². The van der Waals surface area contributed by atoms with E-state index in [9.17, 15) is 5.11 Å². The van der Waals surface area contributed by atoms with Crippen molar-refractivity contribution < 1.29 is 9.84 Å². The molecule has 3 rings (SSSR count). The monoisotopic (exact) mass is 326 g/mol. The lowest BCUT2D eigenvalue weighted by atomic mass is 10.1. The van der Waals surface area contributed by atoms with Gasteiger partial charge in [-0.05, 0) is 19.1 Å². The van der Waals surface area contributed by atoms with Crippen LogP contribution in [0.15, 0.2) is 54.6 Å². The molecule has 0 saturated carbocycles. The molecule has 4 nitrogen and oxygen atoms in total. The first kappa shape index (κ1) is 15.3. The molecule has 0 atom stereocenters. The molecule has 0 aliphatic carbocycles. The molecule has 0 fully saturated rings. The van der Waals surface area contributed by atoms with Gasteiger partial charge in [-0.15, -0.1) is 0 Å². The van der Waals surface area contributed by atoms with Crippen LogP contribution in [0.3, 0.4) is 0 Å². The first-order chi connectivity index (χ1) is 11.2. The molecule has 0 unspecified atom stereocenters. The van der Waals surface area contributed by atoms with Crippen molar-refractivity contribution in [2.75, 3.05) is 6.61 Å². The topological polar surface area (TPSA) is 55.2 Å². The highest BCUT2D eigenvalue weighted by atomic mass is 35.5. The first-order valence-electron chi connectivity index (χ1n) is 7.23. The third kappa shape index (κ3) is 3.43. The van der Waals surface area contributed by atoms with Gasteiger partial charge in [0.05, 0.1) is 12.3 Å². The maximum Gasteiger partial charge on any atom is 0.161 e. The fourth-order valence-corrected chi connectivity index (χ4v) is 2.44. The molecular weight excluding hydrogens is 312 g/mol. The van der Waals surface area contributed by atoms with Crippen molar-refractivity contribution in [1.82, 2.24) is 9.97 Å². The predicted octanol–water partition coefficient (Wildman–Crippen LogP) is 4.57. The summed E-state index contributed by atoms with van der Waals surface area (Å²) in [6.07, 6.45) is 0. The first-order valence-corrected chi connectivity index (χ1v) is 7.61. The van der Waals surface area contributed by atoms with Gasteiger partial charge < -0.3 is 9.84 Å². The molecule has 2 aromatic carbocycles. The maximum absolute atomic E-state index is 10.2. The Morgan fingerprint density at radius 1 is 1.04 bits per heavy atom. The number of aromatic nitrogens is 2. The number of nitrogens with zero attached hydrogens (tertiary/aromatic N) is 2. The van der Waals surface area contributed by atoms with E-state index in [4.69, 9.17) is 16.3 Å². The van der Waals surface area contributed by atoms with Gasteiger partial charge in [0.2, 0.25) is 0 Å². The quantitative estimate of drug-likeness (QED) is 0.714. The lowest BCUT2D eigenvalue weighted by Gasteiger charge is -2.09. The standard InChI is InChI=1S/C18H15ClN2O2/c1-2-23-13-8-9-14(16(22)10-13)15-11-17(19)21-18(20-15)12-6-4-3-5-7-12/h3-11,22H,2H2,1H3. The molecular formula is C18H15ClN2O2. The number of rotatable bonds is 4. The molecule has 0 aliphatic rings.